The summed E-state index contributed by atoms with van der Waals surface area (Å²) >= 11 is 0. The number of carbonyl (C=O) groups is 2. The topological polar surface area (TPSA) is 97.1 Å². The van der Waals surface area contributed by atoms with Gasteiger partial charge in [-0.3, -0.25) is 9.59 Å². The molecule has 0 aliphatic heterocycles. The molecule has 0 spiro atoms. The predicted octanol–water partition coefficient (Wildman–Crippen LogP) is 3.12. The van der Waals surface area contributed by atoms with Gasteiger partial charge in [0, 0.05) is 6.20 Å². The number of aromatic nitrogens is 2. The minimum Gasteiger partial charge on any atom is -0.456 e. The Morgan fingerprint density at radius 2 is 1.88 bits per heavy atom. The minimum absolute atomic E-state index is 0.187. The Labute approximate surface area is 150 Å². The molecule has 1 atom stereocenters. The summed E-state index contributed by atoms with van der Waals surface area (Å²) in [5.41, 5.74) is 1.45. The van der Waals surface area contributed by atoms with E-state index in [9.17, 15) is 9.59 Å². The van der Waals surface area contributed by atoms with Crippen molar-refractivity contribution in [2.45, 2.75) is 19.9 Å². The van der Waals surface area contributed by atoms with E-state index < -0.39 is 5.91 Å². The lowest BCUT2D eigenvalue weighted by molar-refractivity contribution is 0.0940. The van der Waals surface area contributed by atoms with Gasteiger partial charge in [0.2, 0.25) is 0 Å². The van der Waals surface area contributed by atoms with Crippen molar-refractivity contribution in [3.05, 3.63) is 77.8 Å². The zero-order chi connectivity index (χ0) is 18.5. The number of amides is 2. The highest BCUT2D eigenvalue weighted by molar-refractivity contribution is 6.07. The molecular formula is C19H18N4O3. The summed E-state index contributed by atoms with van der Waals surface area (Å²) in [5, 5.41) is 5.58. The number of nitrogens with zero attached hydrogens (tertiary/aromatic N) is 2. The van der Waals surface area contributed by atoms with Crippen molar-refractivity contribution in [1.82, 2.24) is 15.3 Å². The standard InChI is InChI=1S/C19H18N4O3/c1-12-7-8-17(26-12)19(25)23-16-6-4-3-5-14(16)18(24)22-13(2)15-9-10-20-11-21-15/h3-11,13H,1-2H3,(H,22,24)(H,23,25)/t13-/m1/s1. The van der Waals surface area contributed by atoms with Crippen molar-refractivity contribution in [2.75, 3.05) is 5.32 Å². The maximum absolute atomic E-state index is 12.6. The molecule has 0 bridgehead atoms. The van der Waals surface area contributed by atoms with Crippen LogP contribution in [0.1, 0.15) is 45.3 Å². The van der Waals surface area contributed by atoms with Crippen LogP contribution >= 0.6 is 0 Å². The van der Waals surface area contributed by atoms with Gasteiger partial charge in [-0.15, -0.1) is 0 Å². The first kappa shape index (κ1) is 17.3. The fourth-order valence-electron chi connectivity index (χ4n) is 2.44. The van der Waals surface area contributed by atoms with Crippen LogP contribution in [0.5, 0.6) is 0 Å². The lowest BCUT2D eigenvalue weighted by Crippen LogP contribution is -2.28. The maximum atomic E-state index is 12.6. The van der Waals surface area contributed by atoms with Crippen LogP contribution in [0.2, 0.25) is 0 Å². The van der Waals surface area contributed by atoms with Crippen LogP contribution in [0.15, 0.2) is 59.4 Å². The minimum atomic E-state index is -0.415. The molecule has 7 heteroatoms. The molecule has 26 heavy (non-hydrogen) atoms. The fraction of sp³-hybridized carbons (Fsp3) is 0.158. The maximum Gasteiger partial charge on any atom is 0.291 e. The first-order valence-corrected chi connectivity index (χ1v) is 8.08. The second kappa shape index (κ2) is 7.60. The van der Waals surface area contributed by atoms with E-state index in [1.54, 1.807) is 55.6 Å². The van der Waals surface area contributed by atoms with Gasteiger partial charge >= 0.3 is 0 Å². The first-order valence-electron chi connectivity index (χ1n) is 8.08. The highest BCUT2D eigenvalue weighted by Crippen LogP contribution is 2.18. The molecule has 1 aromatic carbocycles. The van der Waals surface area contributed by atoms with Crippen molar-refractivity contribution in [2.24, 2.45) is 0 Å². The van der Waals surface area contributed by atoms with Crippen molar-refractivity contribution in [1.29, 1.82) is 0 Å². The molecule has 0 unspecified atom stereocenters. The third-order valence-electron chi connectivity index (χ3n) is 3.78. The van der Waals surface area contributed by atoms with Gasteiger partial charge < -0.3 is 15.1 Å². The number of hydrogen-bond donors (Lipinski definition) is 2. The van der Waals surface area contributed by atoms with Gasteiger partial charge in [0.15, 0.2) is 5.76 Å². The zero-order valence-corrected chi connectivity index (χ0v) is 14.4. The monoisotopic (exact) mass is 350 g/mol. The molecule has 0 saturated heterocycles. The fourth-order valence-corrected chi connectivity index (χ4v) is 2.44. The molecule has 3 rings (SSSR count). The normalized spacial score (nSPS) is 11.6. The van der Waals surface area contributed by atoms with Crippen LogP contribution in [-0.4, -0.2) is 21.8 Å². The van der Waals surface area contributed by atoms with Gasteiger partial charge in [-0.1, -0.05) is 12.1 Å². The number of anilines is 1. The lowest BCUT2D eigenvalue weighted by atomic mass is 10.1. The highest BCUT2D eigenvalue weighted by Gasteiger charge is 2.18. The molecule has 2 aromatic heterocycles. The molecule has 3 aromatic rings. The van der Waals surface area contributed by atoms with Crippen molar-refractivity contribution in [3.8, 4) is 0 Å². The Hall–Kier alpha value is -3.48. The van der Waals surface area contributed by atoms with Gasteiger partial charge in [-0.05, 0) is 44.2 Å². The quantitative estimate of drug-likeness (QED) is 0.737. The Morgan fingerprint density at radius 1 is 1.08 bits per heavy atom. The van der Waals surface area contributed by atoms with Crippen LogP contribution in [-0.2, 0) is 0 Å². The Balaban J connectivity index is 1.76. The average Bonchev–Trinajstić information content (AvgIpc) is 3.09. The van der Waals surface area contributed by atoms with E-state index in [4.69, 9.17) is 4.42 Å². The van der Waals surface area contributed by atoms with Gasteiger partial charge in [0.05, 0.1) is 23.0 Å². The zero-order valence-electron chi connectivity index (χ0n) is 14.4. The van der Waals surface area contributed by atoms with Gasteiger partial charge in [0.1, 0.15) is 12.1 Å². The summed E-state index contributed by atoms with van der Waals surface area (Å²) in [6.07, 6.45) is 3.04. The molecule has 132 valence electrons. The van der Waals surface area contributed by atoms with E-state index in [-0.39, 0.29) is 17.7 Å². The number of furan rings is 1. The number of rotatable bonds is 5. The Bertz CT molecular complexity index is 921. The second-order valence-corrected chi connectivity index (χ2v) is 5.74. The van der Waals surface area contributed by atoms with Gasteiger partial charge in [0.25, 0.3) is 11.8 Å². The number of aryl methyl sites for hydroxylation is 1. The Morgan fingerprint density at radius 3 is 2.58 bits per heavy atom. The lowest BCUT2D eigenvalue weighted by Gasteiger charge is -2.15. The SMILES string of the molecule is Cc1ccc(C(=O)Nc2ccccc2C(=O)N[C@H](C)c2ccncn2)o1. The number of nitrogens with one attached hydrogen (secondary N) is 2. The number of hydrogen-bond acceptors (Lipinski definition) is 5. The van der Waals surface area contributed by atoms with Crippen LogP contribution in [0, 0.1) is 6.92 Å². The third-order valence-corrected chi connectivity index (χ3v) is 3.78. The van der Waals surface area contributed by atoms with E-state index in [0.29, 0.717) is 22.7 Å². The van der Waals surface area contributed by atoms with Crippen LogP contribution < -0.4 is 10.6 Å². The van der Waals surface area contributed by atoms with E-state index in [0.717, 1.165) is 0 Å². The molecule has 2 heterocycles. The van der Waals surface area contributed by atoms with Crippen LogP contribution in [0.4, 0.5) is 5.69 Å². The highest BCUT2D eigenvalue weighted by atomic mass is 16.3. The summed E-state index contributed by atoms with van der Waals surface area (Å²) in [6.45, 7) is 3.58. The molecule has 0 radical (unpaired) electrons. The molecule has 2 N–H and O–H groups in total. The van der Waals surface area contributed by atoms with Crippen molar-refractivity contribution in [3.63, 3.8) is 0 Å². The number of benzene rings is 1. The third kappa shape index (κ3) is 3.94. The molecule has 0 aliphatic carbocycles. The molecule has 2 amide bonds. The smallest absolute Gasteiger partial charge is 0.291 e. The molecule has 7 nitrogen and oxygen atoms in total. The summed E-state index contributed by atoms with van der Waals surface area (Å²) in [5.74, 6) is 0.0942. The number of carbonyl (C=O) groups excluding carboxylic acids is 2. The average molecular weight is 350 g/mol. The van der Waals surface area contributed by atoms with Crippen LogP contribution in [0.3, 0.4) is 0 Å². The molecule has 0 saturated carbocycles. The summed E-state index contributed by atoms with van der Waals surface area (Å²) in [4.78, 5) is 32.9. The van der Waals surface area contributed by atoms with Gasteiger partial charge in [-0.2, -0.15) is 0 Å². The summed E-state index contributed by atoms with van der Waals surface area (Å²) < 4.78 is 5.31. The predicted molar refractivity (Wildman–Crippen MR) is 95.8 cm³/mol. The van der Waals surface area contributed by atoms with E-state index in [2.05, 4.69) is 20.6 Å². The van der Waals surface area contributed by atoms with Crippen molar-refractivity contribution >= 4 is 17.5 Å². The molecule has 0 fully saturated rings. The largest absolute Gasteiger partial charge is 0.456 e. The summed E-state index contributed by atoms with van der Waals surface area (Å²) in [6, 6.07) is 11.5. The van der Waals surface area contributed by atoms with E-state index >= 15 is 0 Å². The first-order chi connectivity index (χ1) is 12.5. The second-order valence-electron chi connectivity index (χ2n) is 5.74. The molecular weight excluding hydrogens is 332 g/mol. The van der Waals surface area contributed by atoms with Crippen LogP contribution in [0.25, 0.3) is 0 Å². The summed E-state index contributed by atoms with van der Waals surface area (Å²) in [7, 11) is 0. The molecule has 0 aliphatic rings. The van der Waals surface area contributed by atoms with Gasteiger partial charge in [-0.25, -0.2) is 9.97 Å². The van der Waals surface area contributed by atoms with Crippen molar-refractivity contribution < 1.29 is 14.0 Å². The van der Waals surface area contributed by atoms with E-state index in [1.165, 1.54) is 6.33 Å². The van der Waals surface area contributed by atoms with E-state index in [1.807, 2.05) is 6.92 Å². The Kier molecular flexibility index (Phi) is 5.07. The number of para-hydroxylation sites is 1.